The van der Waals surface area contributed by atoms with Crippen LogP contribution in [0.5, 0.6) is 11.5 Å². The lowest BCUT2D eigenvalue weighted by atomic mass is 10.0. The summed E-state index contributed by atoms with van der Waals surface area (Å²) in [5.41, 5.74) is 9.71. The Labute approximate surface area is 185 Å². The summed E-state index contributed by atoms with van der Waals surface area (Å²) in [6.07, 6.45) is 0.609. The largest absolute Gasteiger partial charge is 0.508 e. The molecule has 0 saturated heterocycles. The molecule has 1 unspecified atom stereocenters. The number of nitrogens with one attached hydrogen (secondary N) is 1. The molecule has 4 rings (SSSR count). The van der Waals surface area contributed by atoms with Crippen LogP contribution in [-0.4, -0.2) is 37.9 Å². The molecule has 0 aliphatic carbocycles. The lowest BCUT2D eigenvalue weighted by Crippen LogP contribution is -2.27. The number of benzene rings is 3. The molecule has 1 aromatic heterocycles. The number of phenolic OH excluding ortho intramolecular Hbond substituents is 2. The normalized spacial score (nSPS) is 11.8. The molecule has 6 N–H and O–H groups in total. The van der Waals surface area contributed by atoms with Crippen molar-refractivity contribution in [3.8, 4) is 33.9 Å². The van der Waals surface area contributed by atoms with Gasteiger partial charge >= 0.3 is 0 Å². The predicted molar refractivity (Wildman–Crippen MR) is 125 cm³/mol. The Morgan fingerprint density at radius 2 is 1.56 bits per heavy atom. The third-order valence-corrected chi connectivity index (χ3v) is 5.11. The summed E-state index contributed by atoms with van der Waals surface area (Å²) in [4.78, 5) is 8.54. The zero-order chi connectivity index (χ0) is 22.5. The number of anilines is 2. The zero-order valence-corrected chi connectivity index (χ0v) is 17.3. The monoisotopic (exact) mass is 428 g/mol. The summed E-state index contributed by atoms with van der Waals surface area (Å²) in [6.45, 7) is -0.0876. The maximum absolute atomic E-state index is 10.5. The van der Waals surface area contributed by atoms with Crippen molar-refractivity contribution in [3.05, 3.63) is 84.4 Å². The van der Waals surface area contributed by atoms with Crippen molar-refractivity contribution in [1.82, 2.24) is 9.97 Å². The smallest absolute Gasteiger partial charge is 0.222 e. The van der Waals surface area contributed by atoms with Crippen molar-refractivity contribution in [2.24, 2.45) is 0 Å². The van der Waals surface area contributed by atoms with Crippen LogP contribution in [-0.2, 0) is 6.42 Å². The highest BCUT2D eigenvalue weighted by atomic mass is 16.3. The lowest BCUT2D eigenvalue weighted by molar-refractivity contribution is 0.273. The molecule has 0 spiro atoms. The highest BCUT2D eigenvalue weighted by Gasteiger charge is 2.14. The highest BCUT2D eigenvalue weighted by molar-refractivity contribution is 5.77. The van der Waals surface area contributed by atoms with Gasteiger partial charge in [0.15, 0.2) is 0 Å². The first-order valence-electron chi connectivity index (χ1n) is 10.2. The van der Waals surface area contributed by atoms with Gasteiger partial charge in [0.1, 0.15) is 17.3 Å². The van der Waals surface area contributed by atoms with Crippen molar-refractivity contribution in [3.63, 3.8) is 0 Å². The maximum Gasteiger partial charge on any atom is 0.222 e. The third-order valence-electron chi connectivity index (χ3n) is 5.11. The van der Waals surface area contributed by atoms with Crippen molar-refractivity contribution in [2.45, 2.75) is 12.5 Å². The van der Waals surface area contributed by atoms with Gasteiger partial charge in [-0.25, -0.2) is 4.98 Å². The van der Waals surface area contributed by atoms with Crippen LogP contribution in [0.4, 0.5) is 11.8 Å². The number of aliphatic hydroxyl groups excluding tert-OH is 1. The van der Waals surface area contributed by atoms with Crippen LogP contribution in [0.2, 0.25) is 0 Å². The van der Waals surface area contributed by atoms with E-state index in [9.17, 15) is 15.3 Å². The molecule has 162 valence electrons. The van der Waals surface area contributed by atoms with Crippen LogP contribution >= 0.6 is 0 Å². The van der Waals surface area contributed by atoms with Gasteiger partial charge in [-0.3, -0.25) is 0 Å². The molecule has 3 aromatic carbocycles. The third kappa shape index (κ3) is 4.96. The summed E-state index contributed by atoms with van der Waals surface area (Å²) in [5.74, 6) is 0.744. The van der Waals surface area contributed by atoms with Crippen LogP contribution in [0.15, 0.2) is 78.9 Å². The average Bonchev–Trinajstić information content (AvgIpc) is 2.80. The molecule has 0 amide bonds. The van der Waals surface area contributed by atoms with E-state index in [0.29, 0.717) is 23.5 Å². The lowest BCUT2D eigenvalue weighted by Gasteiger charge is -2.18. The first-order chi connectivity index (χ1) is 15.5. The molecule has 0 radical (unpaired) electrons. The van der Waals surface area contributed by atoms with E-state index in [-0.39, 0.29) is 30.1 Å². The Balaban J connectivity index is 1.63. The van der Waals surface area contributed by atoms with Gasteiger partial charge < -0.3 is 26.4 Å². The van der Waals surface area contributed by atoms with Gasteiger partial charge in [0.25, 0.3) is 0 Å². The summed E-state index contributed by atoms with van der Waals surface area (Å²) in [6, 6.07) is 23.3. The Bertz CT molecular complexity index is 1200. The maximum atomic E-state index is 10.5. The van der Waals surface area contributed by atoms with E-state index in [0.717, 1.165) is 16.7 Å². The Hall–Kier alpha value is -4.10. The SMILES string of the molecule is Nc1nc(NC(CO)Cc2ccccc2)cc(-c2cc(-c3ccc(O)cc3)ccc2O)n1. The van der Waals surface area contributed by atoms with Crippen molar-refractivity contribution in [1.29, 1.82) is 0 Å². The van der Waals surface area contributed by atoms with E-state index in [4.69, 9.17) is 5.73 Å². The minimum Gasteiger partial charge on any atom is -0.508 e. The average molecular weight is 428 g/mol. The number of rotatable bonds is 7. The van der Waals surface area contributed by atoms with E-state index >= 15 is 0 Å². The van der Waals surface area contributed by atoms with Crippen LogP contribution in [0.1, 0.15) is 5.56 Å². The van der Waals surface area contributed by atoms with Crippen molar-refractivity contribution in [2.75, 3.05) is 17.7 Å². The van der Waals surface area contributed by atoms with Gasteiger partial charge in [-0.05, 0) is 47.4 Å². The molecule has 4 aromatic rings. The second kappa shape index (κ2) is 9.36. The molecule has 0 saturated carbocycles. The first kappa shape index (κ1) is 21.1. The second-order valence-corrected chi connectivity index (χ2v) is 7.49. The minimum absolute atomic E-state index is 0.0517. The number of aromatic hydroxyl groups is 2. The number of phenols is 2. The Morgan fingerprint density at radius 3 is 2.28 bits per heavy atom. The molecule has 1 heterocycles. The highest BCUT2D eigenvalue weighted by Crippen LogP contribution is 2.34. The van der Waals surface area contributed by atoms with Crippen LogP contribution in [0.25, 0.3) is 22.4 Å². The molecular weight excluding hydrogens is 404 g/mol. The van der Waals surface area contributed by atoms with E-state index in [1.165, 1.54) is 0 Å². The quantitative estimate of drug-likeness (QED) is 0.303. The molecule has 0 bridgehead atoms. The number of hydrogen-bond acceptors (Lipinski definition) is 7. The molecule has 32 heavy (non-hydrogen) atoms. The van der Waals surface area contributed by atoms with E-state index in [1.807, 2.05) is 30.3 Å². The number of hydrogen-bond donors (Lipinski definition) is 5. The number of aromatic nitrogens is 2. The van der Waals surface area contributed by atoms with E-state index < -0.39 is 0 Å². The van der Waals surface area contributed by atoms with E-state index in [1.54, 1.807) is 48.5 Å². The van der Waals surface area contributed by atoms with Crippen LogP contribution in [0, 0.1) is 0 Å². The number of aliphatic hydroxyl groups is 1. The fourth-order valence-electron chi connectivity index (χ4n) is 3.52. The summed E-state index contributed by atoms with van der Waals surface area (Å²) >= 11 is 0. The Morgan fingerprint density at radius 1 is 0.844 bits per heavy atom. The van der Waals surface area contributed by atoms with Crippen LogP contribution < -0.4 is 11.1 Å². The van der Waals surface area contributed by atoms with Gasteiger partial charge in [-0.2, -0.15) is 4.98 Å². The summed E-state index contributed by atoms with van der Waals surface area (Å²) < 4.78 is 0. The zero-order valence-electron chi connectivity index (χ0n) is 17.3. The Kier molecular flexibility index (Phi) is 6.19. The summed E-state index contributed by atoms with van der Waals surface area (Å²) in [5, 5.41) is 33.1. The number of nitrogens with two attached hydrogens (primary N) is 1. The van der Waals surface area contributed by atoms with Gasteiger partial charge in [0.05, 0.1) is 18.3 Å². The number of nitrogens with zero attached hydrogens (tertiary/aromatic N) is 2. The molecule has 7 heteroatoms. The fourth-order valence-corrected chi connectivity index (χ4v) is 3.52. The minimum atomic E-state index is -0.267. The molecule has 1 atom stereocenters. The van der Waals surface area contributed by atoms with E-state index in [2.05, 4.69) is 15.3 Å². The molecular formula is C25H24N4O3. The topological polar surface area (TPSA) is 125 Å². The van der Waals surface area contributed by atoms with Gasteiger partial charge in [-0.1, -0.05) is 48.5 Å². The molecule has 0 aliphatic rings. The van der Waals surface area contributed by atoms with Gasteiger partial charge in [0, 0.05) is 11.6 Å². The van der Waals surface area contributed by atoms with Crippen molar-refractivity contribution < 1.29 is 15.3 Å². The van der Waals surface area contributed by atoms with Crippen LogP contribution in [0.3, 0.4) is 0 Å². The fraction of sp³-hybridized carbons (Fsp3) is 0.120. The van der Waals surface area contributed by atoms with Crippen molar-refractivity contribution >= 4 is 11.8 Å². The predicted octanol–water partition coefficient (Wildman–Crippen LogP) is 3.82. The molecule has 7 nitrogen and oxygen atoms in total. The van der Waals surface area contributed by atoms with Gasteiger partial charge in [0.2, 0.25) is 5.95 Å². The standard InChI is InChI=1S/C25H24N4O3/c26-25-28-22(14-24(29-25)27-19(15-30)12-16-4-2-1-3-5-16)21-13-18(8-11-23(21)32)17-6-9-20(31)10-7-17/h1-11,13-14,19,30-32H,12,15H2,(H3,26,27,28,29). The molecule has 0 fully saturated rings. The molecule has 0 aliphatic heterocycles. The summed E-state index contributed by atoms with van der Waals surface area (Å²) in [7, 11) is 0. The first-order valence-corrected chi connectivity index (χ1v) is 10.2. The van der Waals surface area contributed by atoms with Gasteiger partial charge in [-0.15, -0.1) is 0 Å². The second-order valence-electron chi connectivity index (χ2n) is 7.49. The number of nitrogen functional groups attached to an aromatic ring is 1.